The summed E-state index contributed by atoms with van der Waals surface area (Å²) in [4.78, 5) is 13.5. The molecular formula is C14H17NO2. The average Bonchev–Trinajstić information content (AvgIpc) is 3.13. The third-order valence-corrected chi connectivity index (χ3v) is 3.88. The number of nitrogens with zero attached hydrogens (tertiary/aromatic N) is 1. The minimum atomic E-state index is -0.646. The fourth-order valence-corrected chi connectivity index (χ4v) is 2.82. The van der Waals surface area contributed by atoms with Gasteiger partial charge in [-0.05, 0) is 36.3 Å². The molecule has 90 valence electrons. The Hall–Kier alpha value is -1.35. The number of benzene rings is 1. The summed E-state index contributed by atoms with van der Waals surface area (Å²) in [5.74, 6) is -0.260. The maximum absolute atomic E-state index is 11.4. The lowest BCUT2D eigenvalue weighted by Gasteiger charge is -2.33. The van der Waals surface area contributed by atoms with Crippen LogP contribution in [0.25, 0.3) is 0 Å². The lowest BCUT2D eigenvalue weighted by atomic mass is 9.97. The zero-order valence-electron chi connectivity index (χ0n) is 9.80. The number of rotatable bonds is 3. The molecule has 0 amide bonds. The summed E-state index contributed by atoms with van der Waals surface area (Å²) in [6.07, 6.45) is 3.14. The van der Waals surface area contributed by atoms with Crippen molar-refractivity contribution in [2.24, 2.45) is 5.92 Å². The van der Waals surface area contributed by atoms with E-state index in [9.17, 15) is 9.90 Å². The number of fused-ring (bicyclic) bond motifs is 1. The summed E-state index contributed by atoms with van der Waals surface area (Å²) < 4.78 is 0. The summed E-state index contributed by atoms with van der Waals surface area (Å²) in [5, 5.41) is 9.34. The topological polar surface area (TPSA) is 40.5 Å². The average molecular weight is 231 g/mol. The predicted octanol–water partition coefficient (Wildman–Crippen LogP) is 1.91. The highest BCUT2D eigenvalue weighted by Crippen LogP contribution is 2.37. The second-order valence-electron chi connectivity index (χ2n) is 5.11. The molecule has 1 N–H and O–H groups in total. The number of carboxylic acids is 1. The fraction of sp³-hybridized carbons (Fsp3) is 0.500. The van der Waals surface area contributed by atoms with Crippen molar-refractivity contribution >= 4 is 5.97 Å². The zero-order chi connectivity index (χ0) is 11.8. The quantitative estimate of drug-likeness (QED) is 0.863. The highest BCUT2D eigenvalue weighted by molar-refractivity contribution is 5.74. The van der Waals surface area contributed by atoms with Crippen LogP contribution in [0.5, 0.6) is 0 Å². The minimum absolute atomic E-state index is 0.261. The maximum Gasteiger partial charge on any atom is 0.321 e. The standard InChI is InChI=1S/C14H17NO2/c16-14(17)13(11-5-6-11)15-8-7-10-3-1-2-4-12(10)9-15/h1-4,11,13H,5-9H2,(H,16,17). The molecule has 1 aliphatic heterocycles. The summed E-state index contributed by atoms with van der Waals surface area (Å²) in [6.45, 7) is 1.67. The first-order valence-electron chi connectivity index (χ1n) is 6.29. The first kappa shape index (κ1) is 10.8. The van der Waals surface area contributed by atoms with Crippen LogP contribution in [-0.4, -0.2) is 28.6 Å². The molecule has 0 spiro atoms. The summed E-state index contributed by atoms with van der Waals surface area (Å²) in [6, 6.07) is 8.11. The largest absolute Gasteiger partial charge is 0.480 e. The summed E-state index contributed by atoms with van der Waals surface area (Å²) in [7, 11) is 0. The van der Waals surface area contributed by atoms with Gasteiger partial charge in [0.05, 0.1) is 0 Å². The molecule has 1 aromatic carbocycles. The van der Waals surface area contributed by atoms with Gasteiger partial charge in [0.15, 0.2) is 0 Å². The molecule has 1 aromatic rings. The van der Waals surface area contributed by atoms with Crippen LogP contribution in [-0.2, 0) is 17.8 Å². The minimum Gasteiger partial charge on any atom is -0.480 e. The van der Waals surface area contributed by atoms with Gasteiger partial charge in [-0.25, -0.2) is 0 Å². The van der Waals surface area contributed by atoms with Gasteiger partial charge in [0.25, 0.3) is 0 Å². The van der Waals surface area contributed by atoms with Gasteiger partial charge in [-0.15, -0.1) is 0 Å². The first-order chi connectivity index (χ1) is 8.25. The van der Waals surface area contributed by atoms with Crippen LogP contribution in [0.1, 0.15) is 24.0 Å². The molecule has 1 heterocycles. The Balaban J connectivity index is 1.80. The van der Waals surface area contributed by atoms with E-state index in [4.69, 9.17) is 0 Å². The van der Waals surface area contributed by atoms with E-state index in [2.05, 4.69) is 23.1 Å². The third-order valence-electron chi connectivity index (χ3n) is 3.88. The normalized spacial score (nSPS) is 21.9. The van der Waals surface area contributed by atoms with Crippen LogP contribution >= 0.6 is 0 Å². The van der Waals surface area contributed by atoms with Gasteiger partial charge in [-0.3, -0.25) is 9.69 Å². The van der Waals surface area contributed by atoms with E-state index >= 15 is 0 Å². The molecule has 0 saturated heterocycles. The molecule has 2 aliphatic rings. The van der Waals surface area contributed by atoms with E-state index < -0.39 is 5.97 Å². The van der Waals surface area contributed by atoms with Crippen molar-refractivity contribution in [2.45, 2.75) is 31.8 Å². The lowest BCUT2D eigenvalue weighted by molar-refractivity contribution is -0.144. The van der Waals surface area contributed by atoms with Gasteiger partial charge < -0.3 is 5.11 Å². The molecule has 0 bridgehead atoms. The Morgan fingerprint density at radius 2 is 2.00 bits per heavy atom. The van der Waals surface area contributed by atoms with E-state index in [1.54, 1.807) is 0 Å². The Kier molecular flexibility index (Phi) is 2.63. The van der Waals surface area contributed by atoms with Crippen LogP contribution in [0, 0.1) is 5.92 Å². The van der Waals surface area contributed by atoms with Crippen LogP contribution in [0.3, 0.4) is 0 Å². The molecule has 17 heavy (non-hydrogen) atoms. The van der Waals surface area contributed by atoms with Gasteiger partial charge in [-0.1, -0.05) is 24.3 Å². The summed E-state index contributed by atoms with van der Waals surface area (Å²) >= 11 is 0. The number of hydrogen-bond donors (Lipinski definition) is 1. The molecular weight excluding hydrogens is 214 g/mol. The van der Waals surface area contributed by atoms with Crippen LogP contribution < -0.4 is 0 Å². The van der Waals surface area contributed by atoms with E-state index in [1.807, 2.05) is 6.07 Å². The Morgan fingerprint density at radius 1 is 1.29 bits per heavy atom. The summed E-state index contributed by atoms with van der Waals surface area (Å²) in [5.41, 5.74) is 2.68. The Morgan fingerprint density at radius 3 is 2.65 bits per heavy atom. The predicted molar refractivity (Wildman–Crippen MR) is 64.7 cm³/mol. The molecule has 1 unspecified atom stereocenters. The molecule has 3 heteroatoms. The molecule has 3 nitrogen and oxygen atoms in total. The fourth-order valence-electron chi connectivity index (χ4n) is 2.82. The van der Waals surface area contributed by atoms with Gasteiger partial charge >= 0.3 is 5.97 Å². The van der Waals surface area contributed by atoms with Gasteiger partial charge in [0, 0.05) is 13.1 Å². The molecule has 1 aliphatic carbocycles. The van der Waals surface area contributed by atoms with Crippen molar-refractivity contribution < 1.29 is 9.90 Å². The van der Waals surface area contributed by atoms with E-state index in [0.717, 1.165) is 32.4 Å². The molecule has 0 aromatic heterocycles. The Bertz CT molecular complexity index is 440. The van der Waals surface area contributed by atoms with Crippen molar-refractivity contribution in [3.8, 4) is 0 Å². The number of hydrogen-bond acceptors (Lipinski definition) is 2. The van der Waals surface area contributed by atoms with E-state index in [0.29, 0.717) is 5.92 Å². The van der Waals surface area contributed by atoms with Gasteiger partial charge in [0.2, 0.25) is 0 Å². The highest BCUT2D eigenvalue weighted by Gasteiger charge is 2.40. The molecule has 3 rings (SSSR count). The molecule has 1 atom stereocenters. The van der Waals surface area contributed by atoms with Crippen LogP contribution in [0.4, 0.5) is 0 Å². The monoisotopic (exact) mass is 231 g/mol. The van der Waals surface area contributed by atoms with Crippen LogP contribution in [0.15, 0.2) is 24.3 Å². The third kappa shape index (κ3) is 2.07. The van der Waals surface area contributed by atoms with Gasteiger partial charge in [0.1, 0.15) is 6.04 Å². The second-order valence-corrected chi connectivity index (χ2v) is 5.11. The SMILES string of the molecule is O=C(O)C(C1CC1)N1CCc2ccccc2C1. The van der Waals surface area contributed by atoms with Crippen molar-refractivity contribution in [1.82, 2.24) is 4.90 Å². The Labute approximate surface area is 101 Å². The van der Waals surface area contributed by atoms with Crippen molar-refractivity contribution in [3.63, 3.8) is 0 Å². The van der Waals surface area contributed by atoms with Crippen molar-refractivity contribution in [3.05, 3.63) is 35.4 Å². The maximum atomic E-state index is 11.4. The molecule has 0 radical (unpaired) electrons. The molecule has 1 saturated carbocycles. The van der Waals surface area contributed by atoms with Crippen molar-refractivity contribution in [1.29, 1.82) is 0 Å². The van der Waals surface area contributed by atoms with Gasteiger partial charge in [-0.2, -0.15) is 0 Å². The number of aliphatic carboxylic acids is 1. The number of carboxylic acid groups (broad SMARTS) is 1. The van der Waals surface area contributed by atoms with E-state index in [1.165, 1.54) is 11.1 Å². The first-order valence-corrected chi connectivity index (χ1v) is 6.29. The highest BCUT2D eigenvalue weighted by atomic mass is 16.4. The molecule has 1 fully saturated rings. The lowest BCUT2D eigenvalue weighted by Crippen LogP contribution is -2.45. The second kappa shape index (κ2) is 4.15. The zero-order valence-corrected chi connectivity index (χ0v) is 9.80. The van der Waals surface area contributed by atoms with Crippen molar-refractivity contribution in [2.75, 3.05) is 6.54 Å². The smallest absolute Gasteiger partial charge is 0.321 e. The van der Waals surface area contributed by atoms with Crippen LogP contribution in [0.2, 0.25) is 0 Å². The number of carbonyl (C=O) groups is 1. The van der Waals surface area contributed by atoms with E-state index in [-0.39, 0.29) is 6.04 Å².